The van der Waals surface area contributed by atoms with E-state index in [0.29, 0.717) is 11.5 Å². The van der Waals surface area contributed by atoms with Gasteiger partial charge >= 0.3 is 16.1 Å². The van der Waals surface area contributed by atoms with Crippen LogP contribution in [0.15, 0.2) is 53.7 Å². The predicted molar refractivity (Wildman–Crippen MR) is 106 cm³/mol. The van der Waals surface area contributed by atoms with E-state index >= 15 is 0 Å². The number of benzene rings is 2. The van der Waals surface area contributed by atoms with Crippen LogP contribution < -0.4 is 4.74 Å². The minimum absolute atomic E-state index is 0.0438. The summed E-state index contributed by atoms with van der Waals surface area (Å²) in [5, 5.41) is 5.80. The third-order valence-electron chi connectivity index (χ3n) is 4.21. The van der Waals surface area contributed by atoms with Gasteiger partial charge in [0, 0.05) is 5.57 Å². The van der Waals surface area contributed by atoms with Crippen molar-refractivity contribution in [3.63, 3.8) is 0 Å². The summed E-state index contributed by atoms with van der Waals surface area (Å²) < 4.78 is 39.7. The highest BCUT2D eigenvalue weighted by molar-refractivity contribution is 7.86. The molecule has 0 saturated carbocycles. The van der Waals surface area contributed by atoms with Crippen LogP contribution in [0.4, 0.5) is 0 Å². The highest BCUT2D eigenvalue weighted by Crippen LogP contribution is 2.35. The Labute approximate surface area is 163 Å². The van der Waals surface area contributed by atoms with Gasteiger partial charge in [-0.05, 0) is 37.1 Å². The van der Waals surface area contributed by atoms with E-state index in [4.69, 9.17) is 13.8 Å². The van der Waals surface area contributed by atoms with Gasteiger partial charge in [-0.2, -0.15) is 8.42 Å². The monoisotopic (exact) mass is 403 g/mol. The molecule has 0 N–H and O–H groups in total. The minimum atomic E-state index is -3.92. The van der Waals surface area contributed by atoms with Crippen molar-refractivity contribution < 1.29 is 27.0 Å². The van der Waals surface area contributed by atoms with E-state index in [1.54, 1.807) is 6.92 Å². The number of ether oxygens (including phenoxy) is 2. The number of rotatable bonds is 7. The molecule has 1 heterocycles. The highest BCUT2D eigenvalue weighted by atomic mass is 32.2. The highest BCUT2D eigenvalue weighted by Gasteiger charge is 2.30. The minimum Gasteiger partial charge on any atom is -0.484 e. The van der Waals surface area contributed by atoms with Gasteiger partial charge in [0.2, 0.25) is 0 Å². The zero-order chi connectivity index (χ0) is 20.3. The van der Waals surface area contributed by atoms with Gasteiger partial charge in [-0.1, -0.05) is 42.1 Å². The summed E-state index contributed by atoms with van der Waals surface area (Å²) in [4.78, 5) is 11.3. The lowest BCUT2D eigenvalue weighted by Crippen LogP contribution is -2.19. The number of hydrogen-bond acceptors (Lipinski definition) is 7. The number of carbonyl (C=O) groups excluding carboxylic acids is 1. The third-order valence-corrected chi connectivity index (χ3v) is 5.30. The van der Waals surface area contributed by atoms with Crippen molar-refractivity contribution in [3.05, 3.63) is 54.1 Å². The Morgan fingerprint density at radius 2 is 2.00 bits per heavy atom. The van der Waals surface area contributed by atoms with E-state index in [-0.39, 0.29) is 24.4 Å². The molecule has 1 unspecified atom stereocenters. The second-order valence-corrected chi connectivity index (χ2v) is 8.18. The molecule has 3 rings (SSSR count). The zero-order valence-corrected chi connectivity index (χ0v) is 16.5. The van der Waals surface area contributed by atoms with Crippen LogP contribution in [0.2, 0.25) is 0 Å². The van der Waals surface area contributed by atoms with Crippen molar-refractivity contribution in [3.8, 4) is 5.75 Å². The van der Waals surface area contributed by atoms with Gasteiger partial charge in [-0.15, -0.1) is 0 Å². The topological polar surface area (TPSA) is 91.3 Å². The number of hydrogen-bond donors (Lipinski definition) is 0. The fraction of sp³-hybridized carbons (Fsp3) is 0.300. The molecule has 0 fully saturated rings. The van der Waals surface area contributed by atoms with Crippen LogP contribution in [0.5, 0.6) is 5.75 Å². The molecule has 0 aromatic heterocycles. The predicted octanol–water partition coefficient (Wildman–Crippen LogP) is 3.18. The molecule has 8 heteroatoms. The van der Waals surface area contributed by atoms with Crippen LogP contribution >= 0.6 is 0 Å². The number of fused-ring (bicyclic) bond motifs is 3. The van der Waals surface area contributed by atoms with Crippen molar-refractivity contribution in [2.75, 3.05) is 12.4 Å². The Hall–Kier alpha value is -2.87. The van der Waals surface area contributed by atoms with E-state index in [1.807, 2.05) is 36.4 Å². The largest absolute Gasteiger partial charge is 0.484 e. The lowest BCUT2D eigenvalue weighted by Gasteiger charge is -2.07. The van der Waals surface area contributed by atoms with E-state index in [9.17, 15) is 13.2 Å². The van der Waals surface area contributed by atoms with E-state index in [1.165, 1.54) is 6.92 Å². The molecule has 0 bridgehead atoms. The maximum Gasteiger partial charge on any atom is 0.333 e. The second kappa shape index (κ2) is 8.02. The van der Waals surface area contributed by atoms with Crippen LogP contribution in [-0.2, 0) is 23.9 Å². The molecule has 2 aromatic carbocycles. The normalized spacial score (nSPS) is 17.2. The standard InChI is InChI=1S/C20H21NO6S/c1-13(2)20(22)25-11-6-12-28(23,24)27-21-19-14(3)26-17-10-9-15-7-4-5-8-16(15)18(17)19/h4-5,7-10,14H,1,6,11-12H2,2-3H3/b21-19+. The first kappa shape index (κ1) is 19.9. The van der Waals surface area contributed by atoms with E-state index < -0.39 is 22.2 Å². The summed E-state index contributed by atoms with van der Waals surface area (Å²) in [7, 11) is -3.92. The molecule has 0 saturated heterocycles. The molecular formula is C20H21NO6S. The lowest BCUT2D eigenvalue weighted by molar-refractivity contribution is -0.138. The van der Waals surface area contributed by atoms with Crippen molar-refractivity contribution in [1.82, 2.24) is 0 Å². The summed E-state index contributed by atoms with van der Waals surface area (Å²) in [5.74, 6) is -0.248. The van der Waals surface area contributed by atoms with Crippen LogP contribution in [0, 0.1) is 0 Å². The maximum absolute atomic E-state index is 12.1. The van der Waals surface area contributed by atoms with Gasteiger partial charge in [-0.3, -0.25) is 4.28 Å². The zero-order valence-electron chi connectivity index (χ0n) is 15.7. The Balaban J connectivity index is 1.72. The molecular weight excluding hydrogens is 382 g/mol. The summed E-state index contributed by atoms with van der Waals surface area (Å²) in [6.07, 6.45) is -0.342. The summed E-state index contributed by atoms with van der Waals surface area (Å²) in [5.41, 5.74) is 1.41. The summed E-state index contributed by atoms with van der Waals surface area (Å²) in [6.45, 7) is 6.71. The first-order chi connectivity index (χ1) is 13.3. The van der Waals surface area contributed by atoms with Gasteiger partial charge < -0.3 is 9.47 Å². The lowest BCUT2D eigenvalue weighted by atomic mass is 10.00. The van der Waals surface area contributed by atoms with Crippen LogP contribution in [0.25, 0.3) is 10.8 Å². The summed E-state index contributed by atoms with van der Waals surface area (Å²) >= 11 is 0. The van der Waals surface area contributed by atoms with Gasteiger partial charge in [0.15, 0.2) is 0 Å². The Kier molecular flexibility index (Phi) is 5.69. The molecule has 28 heavy (non-hydrogen) atoms. The fourth-order valence-electron chi connectivity index (χ4n) is 2.84. The van der Waals surface area contributed by atoms with Crippen molar-refractivity contribution in [1.29, 1.82) is 0 Å². The van der Waals surface area contributed by atoms with Crippen LogP contribution in [0.3, 0.4) is 0 Å². The average molecular weight is 403 g/mol. The molecule has 7 nitrogen and oxygen atoms in total. The first-order valence-electron chi connectivity index (χ1n) is 8.79. The molecule has 1 atom stereocenters. The smallest absolute Gasteiger partial charge is 0.333 e. The number of nitrogens with zero attached hydrogens (tertiary/aromatic N) is 1. The SMILES string of the molecule is C=C(C)C(=O)OCCCS(=O)(=O)O/N=C1/c2c(ccc3ccccc23)OC1C. The Morgan fingerprint density at radius 1 is 1.25 bits per heavy atom. The molecule has 2 aromatic rings. The quantitative estimate of drug-likeness (QED) is 0.305. The fourth-order valence-corrected chi connectivity index (χ4v) is 3.58. The van der Waals surface area contributed by atoms with Crippen molar-refractivity contribution >= 4 is 32.6 Å². The van der Waals surface area contributed by atoms with E-state index in [0.717, 1.165) is 16.3 Å². The number of oxime groups is 1. The van der Waals surface area contributed by atoms with E-state index in [2.05, 4.69) is 11.7 Å². The Morgan fingerprint density at radius 3 is 2.75 bits per heavy atom. The second-order valence-electron chi connectivity index (χ2n) is 6.50. The number of esters is 1. The van der Waals surface area contributed by atoms with Crippen LogP contribution in [-0.4, -0.2) is 38.6 Å². The Bertz CT molecular complexity index is 1060. The van der Waals surface area contributed by atoms with Crippen molar-refractivity contribution in [2.45, 2.75) is 26.4 Å². The molecule has 0 spiro atoms. The maximum atomic E-state index is 12.1. The molecule has 1 aliphatic rings. The molecule has 1 aliphatic heterocycles. The molecule has 0 radical (unpaired) electrons. The van der Waals surface area contributed by atoms with Gasteiger partial charge in [0.25, 0.3) is 0 Å². The van der Waals surface area contributed by atoms with Crippen molar-refractivity contribution in [2.24, 2.45) is 5.16 Å². The molecule has 148 valence electrons. The first-order valence-corrected chi connectivity index (χ1v) is 10.4. The molecule has 0 aliphatic carbocycles. The third kappa shape index (κ3) is 4.33. The van der Waals surface area contributed by atoms with Crippen LogP contribution in [0.1, 0.15) is 25.8 Å². The van der Waals surface area contributed by atoms with Gasteiger partial charge in [-0.25, -0.2) is 4.79 Å². The van der Waals surface area contributed by atoms with Gasteiger partial charge in [0.05, 0.1) is 17.9 Å². The van der Waals surface area contributed by atoms with Gasteiger partial charge in [0.1, 0.15) is 17.6 Å². The molecule has 0 amide bonds. The summed E-state index contributed by atoms with van der Waals surface area (Å²) in [6, 6.07) is 11.5. The average Bonchev–Trinajstić information content (AvgIpc) is 2.99. The number of carbonyl (C=O) groups is 1.